The molecule has 0 N–H and O–H groups in total. The van der Waals surface area contributed by atoms with Crippen molar-refractivity contribution in [1.82, 2.24) is 4.90 Å². The maximum atomic E-state index is 5.49. The Bertz CT molecular complexity index is 244. The topological polar surface area (TPSA) is 12.5 Å². The highest BCUT2D eigenvalue weighted by molar-refractivity contribution is 5.19. The number of nitrogens with zero attached hydrogens (tertiary/aromatic N) is 1. The molecule has 15 heavy (non-hydrogen) atoms. The summed E-state index contributed by atoms with van der Waals surface area (Å²) < 4.78 is 5.49. The van der Waals surface area contributed by atoms with Crippen molar-refractivity contribution >= 4 is 0 Å². The molecule has 1 aromatic carbocycles. The van der Waals surface area contributed by atoms with Crippen LogP contribution >= 0.6 is 0 Å². The van der Waals surface area contributed by atoms with Crippen LogP contribution in [-0.4, -0.2) is 31.1 Å². The van der Waals surface area contributed by atoms with Crippen molar-refractivity contribution in [3.8, 4) is 0 Å². The molecule has 0 unspecified atom stereocenters. The first kappa shape index (κ1) is 12.2. The molecule has 0 saturated heterocycles. The quantitative estimate of drug-likeness (QED) is 0.636. The zero-order valence-electron chi connectivity index (χ0n) is 9.65. The molecule has 0 saturated carbocycles. The summed E-state index contributed by atoms with van der Waals surface area (Å²) in [6, 6.07) is 10.1. The third-order valence-electron chi connectivity index (χ3n) is 2.44. The van der Waals surface area contributed by atoms with Gasteiger partial charge in [-0.3, -0.25) is 0 Å². The van der Waals surface area contributed by atoms with Crippen LogP contribution in [0.4, 0.5) is 0 Å². The summed E-state index contributed by atoms with van der Waals surface area (Å²) >= 11 is 0. The Hall–Kier alpha value is -0.860. The van der Waals surface area contributed by atoms with E-state index in [1.54, 1.807) is 0 Å². The van der Waals surface area contributed by atoms with Crippen LogP contribution < -0.4 is 0 Å². The molecule has 1 rings (SSSR count). The van der Waals surface area contributed by atoms with E-state index in [1.165, 1.54) is 0 Å². The first-order chi connectivity index (χ1) is 7.36. The lowest BCUT2D eigenvalue weighted by Crippen LogP contribution is -2.26. The lowest BCUT2D eigenvalue weighted by molar-refractivity contribution is 0.163. The molecule has 2 heteroatoms. The number of ether oxygens (including phenoxy) is 1. The number of likely N-dealkylation sites (N-methyl/N-ethyl adjacent to an activating group) is 1. The van der Waals surface area contributed by atoms with Crippen LogP contribution in [0.25, 0.3) is 0 Å². The van der Waals surface area contributed by atoms with Crippen LogP contribution in [0, 0.1) is 6.61 Å². The summed E-state index contributed by atoms with van der Waals surface area (Å²) in [6.07, 6.45) is 0. The van der Waals surface area contributed by atoms with Crippen LogP contribution in [0.5, 0.6) is 0 Å². The lowest BCUT2D eigenvalue weighted by atomic mass is 10.2. The van der Waals surface area contributed by atoms with Gasteiger partial charge in [0.25, 0.3) is 0 Å². The predicted molar refractivity (Wildman–Crippen MR) is 63.6 cm³/mol. The summed E-state index contributed by atoms with van der Waals surface area (Å²) in [4.78, 5) is 2.35. The van der Waals surface area contributed by atoms with Crippen molar-refractivity contribution in [3.63, 3.8) is 0 Å². The minimum atomic E-state index is 0.760. The SMILES string of the molecule is CCN(CC)CCO[CH]c1ccccc1. The van der Waals surface area contributed by atoms with Crippen molar-refractivity contribution in [1.29, 1.82) is 0 Å². The molecule has 0 fully saturated rings. The van der Waals surface area contributed by atoms with Crippen LogP contribution in [0.15, 0.2) is 30.3 Å². The third kappa shape index (κ3) is 4.96. The van der Waals surface area contributed by atoms with Crippen LogP contribution in [0.1, 0.15) is 19.4 Å². The molecular weight excluding hydrogens is 186 g/mol. The summed E-state index contributed by atoms with van der Waals surface area (Å²) in [5.74, 6) is 0. The zero-order chi connectivity index (χ0) is 10.9. The van der Waals surface area contributed by atoms with Gasteiger partial charge in [0.05, 0.1) is 6.61 Å². The molecule has 83 valence electrons. The van der Waals surface area contributed by atoms with Crippen molar-refractivity contribution in [2.24, 2.45) is 0 Å². The largest absolute Gasteiger partial charge is 0.369 e. The molecule has 0 bridgehead atoms. The molecule has 2 nitrogen and oxygen atoms in total. The Kier molecular flexibility index (Phi) is 6.05. The van der Waals surface area contributed by atoms with E-state index >= 15 is 0 Å². The Morgan fingerprint density at radius 1 is 1.13 bits per heavy atom. The Morgan fingerprint density at radius 3 is 2.40 bits per heavy atom. The summed E-state index contributed by atoms with van der Waals surface area (Å²) in [5, 5.41) is 0. The molecular formula is C13H20NO. The van der Waals surface area contributed by atoms with E-state index in [2.05, 4.69) is 18.7 Å². The first-order valence-electron chi connectivity index (χ1n) is 5.59. The van der Waals surface area contributed by atoms with Gasteiger partial charge in [-0.05, 0) is 18.7 Å². The minimum Gasteiger partial charge on any atom is -0.369 e. The Morgan fingerprint density at radius 2 is 1.80 bits per heavy atom. The number of hydrogen-bond acceptors (Lipinski definition) is 2. The van der Waals surface area contributed by atoms with Gasteiger partial charge in [0.1, 0.15) is 6.61 Å². The lowest BCUT2D eigenvalue weighted by Gasteiger charge is -2.17. The minimum absolute atomic E-state index is 0.760. The van der Waals surface area contributed by atoms with E-state index in [4.69, 9.17) is 4.74 Å². The van der Waals surface area contributed by atoms with Crippen molar-refractivity contribution < 1.29 is 4.74 Å². The zero-order valence-corrected chi connectivity index (χ0v) is 9.65. The maximum absolute atomic E-state index is 5.49. The predicted octanol–water partition coefficient (Wildman–Crippen LogP) is 2.55. The molecule has 0 heterocycles. The molecule has 1 radical (unpaired) electrons. The van der Waals surface area contributed by atoms with Gasteiger partial charge < -0.3 is 9.64 Å². The highest BCUT2D eigenvalue weighted by atomic mass is 16.5. The number of rotatable bonds is 7. The van der Waals surface area contributed by atoms with Crippen LogP contribution in [0.2, 0.25) is 0 Å². The molecule has 0 aromatic heterocycles. The van der Waals surface area contributed by atoms with Gasteiger partial charge in [-0.15, -0.1) is 0 Å². The molecule has 0 amide bonds. The second-order valence-electron chi connectivity index (χ2n) is 3.43. The third-order valence-corrected chi connectivity index (χ3v) is 2.44. The van der Waals surface area contributed by atoms with Gasteiger partial charge in [0.2, 0.25) is 0 Å². The normalized spacial score (nSPS) is 10.9. The molecule has 0 aliphatic carbocycles. The summed E-state index contributed by atoms with van der Waals surface area (Å²) in [5.41, 5.74) is 1.12. The fourth-order valence-electron chi connectivity index (χ4n) is 1.41. The monoisotopic (exact) mass is 206 g/mol. The van der Waals surface area contributed by atoms with Gasteiger partial charge in [-0.2, -0.15) is 0 Å². The van der Waals surface area contributed by atoms with E-state index in [0.717, 1.165) is 31.8 Å². The van der Waals surface area contributed by atoms with Crippen molar-refractivity contribution in [3.05, 3.63) is 42.5 Å². The standard InChI is InChI=1S/C13H20NO/c1-3-14(4-2)10-11-15-12-13-8-6-5-7-9-13/h5-9,12H,3-4,10-11H2,1-2H3. The molecule has 1 aromatic rings. The molecule has 0 aliphatic rings. The highest BCUT2D eigenvalue weighted by Gasteiger charge is 1.98. The van der Waals surface area contributed by atoms with E-state index in [-0.39, 0.29) is 0 Å². The summed E-state index contributed by atoms with van der Waals surface area (Å²) in [6.45, 7) is 10.1. The van der Waals surface area contributed by atoms with Crippen LogP contribution in [0.3, 0.4) is 0 Å². The van der Waals surface area contributed by atoms with E-state index in [0.29, 0.717) is 0 Å². The van der Waals surface area contributed by atoms with Crippen LogP contribution in [-0.2, 0) is 4.74 Å². The van der Waals surface area contributed by atoms with Gasteiger partial charge in [-0.1, -0.05) is 44.2 Å². The fourth-order valence-corrected chi connectivity index (χ4v) is 1.41. The average molecular weight is 206 g/mol. The van der Waals surface area contributed by atoms with Gasteiger partial charge in [0.15, 0.2) is 0 Å². The molecule has 0 spiro atoms. The Labute approximate surface area is 92.9 Å². The fraction of sp³-hybridized carbons (Fsp3) is 0.462. The molecule has 0 aliphatic heterocycles. The highest BCUT2D eigenvalue weighted by Crippen LogP contribution is 2.02. The maximum Gasteiger partial charge on any atom is 0.113 e. The second-order valence-corrected chi connectivity index (χ2v) is 3.43. The van der Waals surface area contributed by atoms with Gasteiger partial charge >= 0.3 is 0 Å². The van der Waals surface area contributed by atoms with Crippen molar-refractivity contribution in [2.45, 2.75) is 13.8 Å². The average Bonchev–Trinajstić information content (AvgIpc) is 2.31. The smallest absolute Gasteiger partial charge is 0.113 e. The Balaban J connectivity index is 2.12. The summed E-state index contributed by atoms with van der Waals surface area (Å²) in [7, 11) is 0. The number of hydrogen-bond donors (Lipinski definition) is 0. The van der Waals surface area contributed by atoms with Crippen molar-refractivity contribution in [2.75, 3.05) is 26.2 Å². The van der Waals surface area contributed by atoms with Gasteiger partial charge in [0, 0.05) is 6.54 Å². The molecule has 0 atom stereocenters. The van der Waals surface area contributed by atoms with E-state index < -0.39 is 0 Å². The second kappa shape index (κ2) is 7.43. The first-order valence-corrected chi connectivity index (χ1v) is 5.59. The van der Waals surface area contributed by atoms with Gasteiger partial charge in [-0.25, -0.2) is 0 Å². The van der Waals surface area contributed by atoms with E-state index in [9.17, 15) is 0 Å². The number of benzene rings is 1. The van der Waals surface area contributed by atoms with E-state index in [1.807, 2.05) is 36.9 Å².